The van der Waals surface area contributed by atoms with Crippen LogP contribution >= 0.6 is 12.6 Å². The van der Waals surface area contributed by atoms with E-state index in [4.69, 9.17) is 5.26 Å². The fourth-order valence-electron chi connectivity index (χ4n) is 0. The Morgan fingerprint density at radius 3 is 1.70 bits per heavy atom. The second kappa shape index (κ2) is 15.9. The minimum Gasteiger partial charge on any atom is -0.344 e. The van der Waals surface area contributed by atoms with Crippen molar-refractivity contribution in [3.05, 3.63) is 0 Å². The molecule has 0 heterocycles. The van der Waals surface area contributed by atoms with Gasteiger partial charge in [0.15, 0.2) is 0 Å². The molecule has 0 aliphatic carbocycles. The van der Waals surface area contributed by atoms with Crippen LogP contribution in [0.4, 0.5) is 0 Å². The lowest BCUT2D eigenvalue weighted by atomic mass is 10.3. The zero-order chi connectivity index (χ0) is 7.70. The van der Waals surface area contributed by atoms with Crippen molar-refractivity contribution >= 4 is 12.6 Å². The van der Waals surface area contributed by atoms with Gasteiger partial charge in [-0.25, -0.2) is 0 Å². The SMILES string of the molecule is CC(C)CS.CCC#N.N. The first kappa shape index (κ1) is 16.4. The number of thiol groups is 1. The van der Waals surface area contributed by atoms with E-state index in [1.165, 1.54) is 0 Å². The van der Waals surface area contributed by atoms with Crippen molar-refractivity contribution in [3.8, 4) is 6.07 Å². The molecule has 0 rings (SSSR count). The molecule has 10 heavy (non-hydrogen) atoms. The smallest absolute Gasteiger partial charge is 0.0618 e. The third-order valence-corrected chi connectivity index (χ3v) is 1.25. The van der Waals surface area contributed by atoms with Crippen LogP contribution in [-0.2, 0) is 0 Å². The highest BCUT2D eigenvalue weighted by molar-refractivity contribution is 7.80. The molecular weight excluding hydrogens is 144 g/mol. The molecule has 0 atom stereocenters. The molecule has 0 fully saturated rings. The van der Waals surface area contributed by atoms with E-state index in [0.29, 0.717) is 6.42 Å². The lowest BCUT2D eigenvalue weighted by Crippen LogP contribution is -1.83. The van der Waals surface area contributed by atoms with Gasteiger partial charge in [-0.05, 0) is 11.7 Å². The summed E-state index contributed by atoms with van der Waals surface area (Å²) in [6.45, 7) is 6.11. The van der Waals surface area contributed by atoms with Crippen LogP contribution in [0.25, 0.3) is 0 Å². The van der Waals surface area contributed by atoms with E-state index < -0.39 is 0 Å². The van der Waals surface area contributed by atoms with E-state index in [0.717, 1.165) is 11.7 Å². The van der Waals surface area contributed by atoms with Gasteiger partial charge in [0.25, 0.3) is 0 Å². The molecule has 0 unspecified atom stereocenters. The lowest BCUT2D eigenvalue weighted by molar-refractivity contribution is 0.753. The first-order valence-corrected chi connectivity index (χ1v) is 3.80. The fraction of sp³-hybridized carbons (Fsp3) is 0.857. The summed E-state index contributed by atoms with van der Waals surface area (Å²) in [6, 6.07) is 1.93. The number of nitriles is 1. The molecule has 0 bridgehead atoms. The van der Waals surface area contributed by atoms with Crippen molar-refractivity contribution in [1.29, 1.82) is 5.26 Å². The molecule has 0 radical (unpaired) electrons. The molecular formula is C7H18N2S. The van der Waals surface area contributed by atoms with Crippen LogP contribution in [-0.4, -0.2) is 5.75 Å². The van der Waals surface area contributed by atoms with Crippen LogP contribution in [0.15, 0.2) is 0 Å². The minimum absolute atomic E-state index is 0. The predicted molar refractivity (Wildman–Crippen MR) is 49.6 cm³/mol. The van der Waals surface area contributed by atoms with Gasteiger partial charge in [0.1, 0.15) is 0 Å². The van der Waals surface area contributed by atoms with Gasteiger partial charge in [-0.3, -0.25) is 0 Å². The molecule has 0 aromatic heterocycles. The topological polar surface area (TPSA) is 58.8 Å². The van der Waals surface area contributed by atoms with Crippen molar-refractivity contribution in [3.63, 3.8) is 0 Å². The van der Waals surface area contributed by atoms with Gasteiger partial charge in [0, 0.05) is 6.42 Å². The monoisotopic (exact) mass is 162 g/mol. The molecule has 3 heteroatoms. The van der Waals surface area contributed by atoms with Crippen LogP contribution in [0.2, 0.25) is 0 Å². The molecule has 2 nitrogen and oxygen atoms in total. The normalized spacial score (nSPS) is 6.80. The third kappa shape index (κ3) is 46.0. The van der Waals surface area contributed by atoms with Gasteiger partial charge >= 0.3 is 0 Å². The van der Waals surface area contributed by atoms with Gasteiger partial charge in [0.2, 0.25) is 0 Å². The van der Waals surface area contributed by atoms with E-state index in [1.807, 2.05) is 13.0 Å². The Labute approximate surface area is 69.6 Å². The van der Waals surface area contributed by atoms with E-state index in [-0.39, 0.29) is 6.15 Å². The summed E-state index contributed by atoms with van der Waals surface area (Å²) in [5.74, 6) is 1.75. The first-order valence-electron chi connectivity index (χ1n) is 3.16. The average molecular weight is 162 g/mol. The predicted octanol–water partition coefficient (Wildman–Crippen LogP) is 2.65. The number of nitrogens with zero attached hydrogens (tertiary/aromatic N) is 1. The van der Waals surface area contributed by atoms with Gasteiger partial charge in [-0.2, -0.15) is 17.9 Å². The summed E-state index contributed by atoms with van der Waals surface area (Å²) in [5.41, 5.74) is 0. The van der Waals surface area contributed by atoms with Gasteiger partial charge in [-0.1, -0.05) is 20.8 Å². The van der Waals surface area contributed by atoms with Crippen molar-refractivity contribution in [2.24, 2.45) is 5.92 Å². The maximum atomic E-state index is 7.62. The van der Waals surface area contributed by atoms with E-state index in [9.17, 15) is 0 Å². The van der Waals surface area contributed by atoms with Crippen LogP contribution in [0.5, 0.6) is 0 Å². The second-order valence-corrected chi connectivity index (χ2v) is 2.45. The summed E-state index contributed by atoms with van der Waals surface area (Å²) in [6.07, 6.45) is 0.625. The maximum Gasteiger partial charge on any atom is 0.0618 e. The van der Waals surface area contributed by atoms with Crippen LogP contribution < -0.4 is 6.15 Å². The Morgan fingerprint density at radius 2 is 1.70 bits per heavy atom. The molecule has 0 aliphatic heterocycles. The Morgan fingerprint density at radius 1 is 1.50 bits per heavy atom. The zero-order valence-corrected chi connectivity index (χ0v) is 7.99. The fourth-order valence-corrected chi connectivity index (χ4v) is 0. The molecule has 0 aromatic carbocycles. The number of rotatable bonds is 1. The lowest BCUT2D eigenvalue weighted by Gasteiger charge is -1.89. The van der Waals surface area contributed by atoms with Crippen LogP contribution in [0.3, 0.4) is 0 Å². The highest BCUT2D eigenvalue weighted by Crippen LogP contribution is 1.90. The van der Waals surface area contributed by atoms with Gasteiger partial charge < -0.3 is 6.15 Å². The van der Waals surface area contributed by atoms with Gasteiger partial charge in [0.05, 0.1) is 6.07 Å². The van der Waals surface area contributed by atoms with E-state index in [1.54, 1.807) is 0 Å². The van der Waals surface area contributed by atoms with Crippen molar-refractivity contribution in [2.75, 3.05) is 5.75 Å². The molecule has 3 N–H and O–H groups in total. The average Bonchev–Trinajstić information content (AvgIpc) is 1.89. The zero-order valence-electron chi connectivity index (χ0n) is 7.09. The Hall–Kier alpha value is -0.200. The Bertz CT molecular complexity index is 76.2. The van der Waals surface area contributed by atoms with Crippen LogP contribution in [0, 0.1) is 17.2 Å². The van der Waals surface area contributed by atoms with Gasteiger partial charge in [-0.15, -0.1) is 0 Å². The second-order valence-electron chi connectivity index (χ2n) is 2.09. The Balaban J connectivity index is -0.0000000910. The van der Waals surface area contributed by atoms with E-state index >= 15 is 0 Å². The molecule has 0 saturated heterocycles. The van der Waals surface area contributed by atoms with Crippen molar-refractivity contribution < 1.29 is 0 Å². The number of hydrogen-bond donors (Lipinski definition) is 2. The minimum atomic E-state index is 0. The van der Waals surface area contributed by atoms with Crippen molar-refractivity contribution in [1.82, 2.24) is 6.15 Å². The quantitative estimate of drug-likeness (QED) is 0.582. The summed E-state index contributed by atoms with van der Waals surface area (Å²) >= 11 is 4.02. The molecule has 0 spiro atoms. The standard InChI is InChI=1S/C4H10S.C3H5N.H3N/c1-4(2)3-5;1-2-3-4;/h4-5H,3H2,1-2H3;2H2,1H3;1H3. The highest BCUT2D eigenvalue weighted by Gasteiger charge is 1.80. The summed E-state index contributed by atoms with van der Waals surface area (Å²) in [7, 11) is 0. The summed E-state index contributed by atoms with van der Waals surface area (Å²) in [4.78, 5) is 0. The largest absolute Gasteiger partial charge is 0.344 e. The Kier molecular flexibility index (Phi) is 26.1. The molecule has 0 aromatic rings. The van der Waals surface area contributed by atoms with E-state index in [2.05, 4.69) is 26.5 Å². The summed E-state index contributed by atoms with van der Waals surface area (Å²) in [5, 5.41) is 7.62. The number of hydrogen-bond acceptors (Lipinski definition) is 3. The third-order valence-electron chi connectivity index (χ3n) is 0.523. The molecule has 62 valence electrons. The molecule has 0 amide bonds. The van der Waals surface area contributed by atoms with Crippen molar-refractivity contribution in [2.45, 2.75) is 27.2 Å². The highest BCUT2D eigenvalue weighted by atomic mass is 32.1. The maximum absolute atomic E-state index is 7.62. The molecule has 0 saturated carbocycles. The first-order chi connectivity index (χ1) is 4.18. The summed E-state index contributed by atoms with van der Waals surface area (Å²) < 4.78 is 0. The van der Waals surface area contributed by atoms with Crippen LogP contribution in [0.1, 0.15) is 27.2 Å². The molecule has 0 aliphatic rings.